The Morgan fingerprint density at radius 1 is 0.793 bits per heavy atom. The number of hydrogen-bond donors (Lipinski definition) is 0. The highest BCUT2D eigenvalue weighted by Crippen LogP contribution is 2.25. The minimum Gasteiger partial charge on any atom is -0.291 e. The van der Waals surface area contributed by atoms with Crippen LogP contribution < -0.4 is 0 Å². The first kappa shape index (κ1) is 22.5. The van der Waals surface area contributed by atoms with E-state index in [2.05, 4.69) is 4.90 Å². The molecule has 0 spiro atoms. The lowest BCUT2D eigenvalue weighted by molar-refractivity contribution is -0.526. The zero-order valence-electron chi connectivity index (χ0n) is 17.0. The molecule has 0 aliphatic heterocycles. The summed E-state index contributed by atoms with van der Waals surface area (Å²) in [7, 11) is 0. The Morgan fingerprint density at radius 3 is 1.55 bits per heavy atom. The Labute approximate surface area is 171 Å². The lowest BCUT2D eigenvalue weighted by Gasteiger charge is -2.35. The normalized spacial score (nSPS) is 12.4. The summed E-state index contributed by atoms with van der Waals surface area (Å²) in [5, 5.41) is 22.6. The fraction of sp³-hybridized carbons (Fsp3) is 0.455. The second-order valence-corrected chi connectivity index (χ2v) is 7.86. The second-order valence-electron chi connectivity index (χ2n) is 7.86. The van der Waals surface area contributed by atoms with Gasteiger partial charge in [-0.05, 0) is 23.5 Å². The van der Waals surface area contributed by atoms with Gasteiger partial charge >= 0.3 is 0 Å². The van der Waals surface area contributed by atoms with Gasteiger partial charge in [0.25, 0.3) is 0 Å². The van der Waals surface area contributed by atoms with Gasteiger partial charge in [0.15, 0.2) is 0 Å². The summed E-state index contributed by atoms with van der Waals surface area (Å²) >= 11 is 0. The van der Waals surface area contributed by atoms with Crippen LogP contribution in [0.1, 0.15) is 31.4 Å². The average Bonchev–Trinajstić information content (AvgIpc) is 2.66. The fourth-order valence-corrected chi connectivity index (χ4v) is 3.73. The van der Waals surface area contributed by atoms with Crippen molar-refractivity contribution < 1.29 is 9.85 Å². The lowest BCUT2D eigenvalue weighted by atomic mass is 9.89. The topological polar surface area (TPSA) is 89.5 Å². The molecule has 1 atom stereocenters. The molecule has 0 unspecified atom stereocenters. The van der Waals surface area contributed by atoms with Gasteiger partial charge in [-0.25, -0.2) is 0 Å². The van der Waals surface area contributed by atoms with E-state index in [0.717, 1.165) is 11.1 Å². The molecule has 0 aliphatic carbocycles. The van der Waals surface area contributed by atoms with Gasteiger partial charge in [-0.2, -0.15) is 0 Å². The van der Waals surface area contributed by atoms with E-state index >= 15 is 0 Å². The summed E-state index contributed by atoms with van der Waals surface area (Å²) in [5.41, 5.74) is 2.16. The van der Waals surface area contributed by atoms with Gasteiger partial charge in [0.2, 0.25) is 13.1 Å². The van der Waals surface area contributed by atoms with Gasteiger partial charge in [0, 0.05) is 29.0 Å². The Morgan fingerprint density at radius 2 is 1.21 bits per heavy atom. The molecule has 0 heterocycles. The second kappa shape index (κ2) is 11.3. The van der Waals surface area contributed by atoms with Crippen LogP contribution in [0.3, 0.4) is 0 Å². The molecule has 29 heavy (non-hydrogen) atoms. The Kier molecular flexibility index (Phi) is 8.73. The summed E-state index contributed by atoms with van der Waals surface area (Å²) in [6, 6.07) is 19.5. The van der Waals surface area contributed by atoms with Gasteiger partial charge in [-0.15, -0.1) is 0 Å². The molecule has 2 aromatic carbocycles. The highest BCUT2D eigenvalue weighted by Gasteiger charge is 2.35. The van der Waals surface area contributed by atoms with Gasteiger partial charge in [-0.3, -0.25) is 25.1 Å². The van der Waals surface area contributed by atoms with Gasteiger partial charge < -0.3 is 0 Å². The third kappa shape index (κ3) is 7.99. The largest absolute Gasteiger partial charge is 0.291 e. The third-order valence-electron chi connectivity index (χ3n) is 4.95. The fourth-order valence-electron chi connectivity index (χ4n) is 3.73. The average molecular weight is 399 g/mol. The van der Waals surface area contributed by atoms with Crippen molar-refractivity contribution in [3.8, 4) is 0 Å². The van der Waals surface area contributed by atoms with Crippen LogP contribution in [0.2, 0.25) is 0 Å². The van der Waals surface area contributed by atoms with Crippen LogP contribution in [0.4, 0.5) is 0 Å². The van der Waals surface area contributed by atoms with Crippen molar-refractivity contribution in [1.29, 1.82) is 0 Å². The van der Waals surface area contributed by atoms with E-state index in [4.69, 9.17) is 0 Å². The van der Waals surface area contributed by atoms with E-state index in [0.29, 0.717) is 19.5 Å². The number of benzene rings is 2. The standard InChI is InChI=1S/C22H29N3O4/c1-18(2)13-22(21(16-24(26)27)17-25(28)29)23(14-19-9-5-3-6-10-19)15-20-11-7-4-8-12-20/h3-12,18,21-22H,13-17H2,1-2H3/t22-/m0/s1. The monoisotopic (exact) mass is 399 g/mol. The molecule has 0 saturated heterocycles. The van der Waals surface area contributed by atoms with Crippen LogP contribution in [0.25, 0.3) is 0 Å². The Hall–Kier alpha value is -2.80. The van der Waals surface area contributed by atoms with Gasteiger partial charge in [0.1, 0.15) is 5.92 Å². The minimum absolute atomic E-state index is 0.259. The van der Waals surface area contributed by atoms with Crippen LogP contribution in [0.5, 0.6) is 0 Å². The van der Waals surface area contributed by atoms with Crippen LogP contribution in [0.15, 0.2) is 60.7 Å². The maximum atomic E-state index is 11.3. The predicted molar refractivity (Wildman–Crippen MR) is 113 cm³/mol. The number of hydrogen-bond acceptors (Lipinski definition) is 5. The molecule has 0 fully saturated rings. The molecule has 7 heteroatoms. The molecule has 0 aliphatic rings. The maximum Gasteiger partial charge on any atom is 0.214 e. The molecule has 0 radical (unpaired) electrons. The van der Waals surface area contributed by atoms with Crippen LogP contribution in [-0.2, 0) is 13.1 Å². The van der Waals surface area contributed by atoms with Gasteiger partial charge in [0.05, 0.1) is 0 Å². The van der Waals surface area contributed by atoms with E-state index in [1.54, 1.807) is 0 Å². The molecule has 0 saturated carbocycles. The minimum atomic E-state index is -0.658. The van der Waals surface area contributed by atoms with Crippen molar-refractivity contribution in [3.05, 3.63) is 92.0 Å². The van der Waals surface area contributed by atoms with Crippen molar-refractivity contribution in [3.63, 3.8) is 0 Å². The summed E-state index contributed by atoms with van der Waals surface area (Å²) in [6.07, 6.45) is 0.659. The molecule has 2 rings (SSSR count). The van der Waals surface area contributed by atoms with Crippen molar-refractivity contribution in [2.75, 3.05) is 13.1 Å². The smallest absolute Gasteiger partial charge is 0.214 e. The van der Waals surface area contributed by atoms with Crippen LogP contribution in [-0.4, -0.2) is 33.9 Å². The molecule has 7 nitrogen and oxygen atoms in total. The van der Waals surface area contributed by atoms with E-state index < -0.39 is 28.9 Å². The van der Waals surface area contributed by atoms with Crippen molar-refractivity contribution in [2.24, 2.45) is 11.8 Å². The van der Waals surface area contributed by atoms with Crippen LogP contribution >= 0.6 is 0 Å². The van der Waals surface area contributed by atoms with Gasteiger partial charge in [-0.1, -0.05) is 74.5 Å². The molecule has 156 valence electrons. The highest BCUT2D eigenvalue weighted by atomic mass is 16.6. The number of rotatable bonds is 12. The van der Waals surface area contributed by atoms with Crippen molar-refractivity contribution >= 4 is 0 Å². The molecule has 0 aromatic heterocycles. The summed E-state index contributed by atoms with van der Waals surface area (Å²) < 4.78 is 0. The van der Waals surface area contributed by atoms with E-state index in [9.17, 15) is 20.2 Å². The van der Waals surface area contributed by atoms with Crippen molar-refractivity contribution in [2.45, 2.75) is 39.4 Å². The summed E-state index contributed by atoms with van der Waals surface area (Å²) in [6.45, 7) is 4.45. The zero-order valence-corrected chi connectivity index (χ0v) is 17.0. The van der Waals surface area contributed by atoms with E-state index in [-0.39, 0.29) is 12.0 Å². The lowest BCUT2D eigenvalue weighted by Crippen LogP contribution is -2.45. The summed E-state index contributed by atoms with van der Waals surface area (Å²) in [5.74, 6) is -0.398. The molecular formula is C22H29N3O4. The number of nitro groups is 2. The molecular weight excluding hydrogens is 370 g/mol. The number of nitrogens with zero attached hydrogens (tertiary/aromatic N) is 3. The van der Waals surface area contributed by atoms with E-state index in [1.165, 1.54) is 0 Å². The third-order valence-corrected chi connectivity index (χ3v) is 4.95. The van der Waals surface area contributed by atoms with Crippen LogP contribution in [0, 0.1) is 32.1 Å². The van der Waals surface area contributed by atoms with Crippen molar-refractivity contribution in [1.82, 2.24) is 4.90 Å². The Bertz CT molecular complexity index is 711. The first-order valence-electron chi connectivity index (χ1n) is 9.90. The van der Waals surface area contributed by atoms with E-state index in [1.807, 2.05) is 74.5 Å². The first-order valence-corrected chi connectivity index (χ1v) is 9.90. The predicted octanol–water partition coefficient (Wildman–Crippen LogP) is 4.27. The first-order chi connectivity index (χ1) is 13.8. The molecule has 0 bridgehead atoms. The molecule has 2 aromatic rings. The molecule has 0 amide bonds. The maximum absolute atomic E-state index is 11.3. The zero-order chi connectivity index (χ0) is 21.2. The summed E-state index contributed by atoms with van der Waals surface area (Å²) in [4.78, 5) is 23.9. The Balaban J connectivity index is 2.39. The quantitative estimate of drug-likeness (QED) is 0.393. The SMILES string of the molecule is CC(C)C[C@@H](C(C[N+](=O)[O-])C[N+](=O)[O-])N(Cc1ccccc1)Cc1ccccc1. The molecule has 0 N–H and O–H groups in total. The highest BCUT2D eigenvalue weighted by molar-refractivity contribution is 5.17.